The number of allylic oxidation sites excluding steroid dienone is 1. The Hall–Kier alpha value is -3.92. The van der Waals surface area contributed by atoms with Crippen LogP contribution in [0.4, 0.5) is 10.6 Å². The maximum atomic E-state index is 13.9. The fourth-order valence-electron chi connectivity index (χ4n) is 7.74. The molecule has 2 N–H and O–H groups in total. The van der Waals surface area contributed by atoms with Gasteiger partial charge in [0.1, 0.15) is 11.6 Å². The molecular formula is C40H57N5O5. The van der Waals surface area contributed by atoms with Gasteiger partial charge in [0, 0.05) is 55.8 Å². The van der Waals surface area contributed by atoms with Gasteiger partial charge < -0.3 is 24.8 Å². The van der Waals surface area contributed by atoms with Gasteiger partial charge in [-0.3, -0.25) is 14.7 Å². The summed E-state index contributed by atoms with van der Waals surface area (Å²) in [5, 5.41) is 0. The lowest BCUT2D eigenvalue weighted by atomic mass is 9.78. The second kappa shape index (κ2) is 17.3. The van der Waals surface area contributed by atoms with Gasteiger partial charge in [-0.25, -0.2) is 9.78 Å². The zero-order valence-corrected chi connectivity index (χ0v) is 30.7. The molecule has 2 saturated carbocycles. The van der Waals surface area contributed by atoms with E-state index >= 15 is 0 Å². The number of carbonyl (C=O) groups excluding carboxylic acids is 2. The molecule has 2 aliphatic heterocycles. The van der Waals surface area contributed by atoms with Gasteiger partial charge in [0.25, 0.3) is 0 Å². The summed E-state index contributed by atoms with van der Waals surface area (Å²) in [5.74, 6) is 3.03. The van der Waals surface area contributed by atoms with E-state index in [0.717, 1.165) is 107 Å². The van der Waals surface area contributed by atoms with Gasteiger partial charge in [-0.15, -0.1) is 0 Å². The maximum Gasteiger partial charge on any atom is 0.409 e. The lowest BCUT2D eigenvalue weighted by Gasteiger charge is -2.54. The van der Waals surface area contributed by atoms with E-state index in [1.807, 2.05) is 37.1 Å². The lowest BCUT2D eigenvalue weighted by molar-refractivity contribution is -0.179. The summed E-state index contributed by atoms with van der Waals surface area (Å²) < 4.78 is 15.1. The van der Waals surface area contributed by atoms with E-state index in [-0.39, 0.29) is 24.0 Å². The molecule has 0 bridgehead atoms. The molecule has 3 heterocycles. The molecule has 4 fully saturated rings. The van der Waals surface area contributed by atoms with Gasteiger partial charge in [0.15, 0.2) is 0 Å². The zero-order valence-electron chi connectivity index (χ0n) is 30.7. The molecule has 0 radical (unpaired) electrons. The van der Waals surface area contributed by atoms with E-state index in [1.165, 1.54) is 24.7 Å². The normalized spacial score (nSPS) is 22.0. The van der Waals surface area contributed by atoms with E-state index in [1.54, 1.807) is 24.4 Å². The largest absolute Gasteiger partial charge is 0.496 e. The number of hydrogen-bond donors (Lipinski definition) is 1. The van der Waals surface area contributed by atoms with Crippen molar-refractivity contribution in [3.05, 3.63) is 59.4 Å². The number of anilines is 1. The average molecular weight is 688 g/mol. The Labute approximate surface area is 298 Å². The minimum absolute atomic E-state index is 0.0924. The van der Waals surface area contributed by atoms with Gasteiger partial charge in [0.05, 0.1) is 32.8 Å². The smallest absolute Gasteiger partial charge is 0.409 e. The maximum absolute atomic E-state index is 13.9. The first-order chi connectivity index (χ1) is 24.1. The second-order valence-electron chi connectivity index (χ2n) is 14.9. The quantitative estimate of drug-likeness (QED) is 0.278. The average Bonchev–Trinajstić information content (AvgIpc) is 3.10. The molecule has 50 heavy (non-hydrogen) atoms. The standard InChI is InChI=1S/C33H46N4O2.C7H11NO3/c1-23(2)36-21-30(20-34)29-16-17-35-32(19-29)37(33(38)27-8-6-5-7-9-27)22-25-10-12-26(13-11-25)28-14-15-31(39-4)24(3)18-28;1-10-6(9)8-2-7(3-8)4-11-5-7/h14-21,23,25-27H,5-13,22,34H2,1-4H3;2-5H2,1H3/b30-20+,36-21?;. The zero-order chi connectivity index (χ0) is 35.7. The van der Waals surface area contributed by atoms with Crippen LogP contribution in [-0.4, -0.2) is 81.2 Å². The second-order valence-corrected chi connectivity index (χ2v) is 14.9. The van der Waals surface area contributed by atoms with Crippen LogP contribution in [0.2, 0.25) is 0 Å². The van der Waals surface area contributed by atoms with Crippen molar-refractivity contribution in [1.29, 1.82) is 0 Å². The molecule has 2 aliphatic carbocycles. The highest BCUT2D eigenvalue weighted by Crippen LogP contribution is 2.39. The molecule has 1 aromatic heterocycles. The number of amides is 2. The molecule has 10 nitrogen and oxygen atoms in total. The highest BCUT2D eigenvalue weighted by molar-refractivity contribution is 6.10. The van der Waals surface area contributed by atoms with Crippen molar-refractivity contribution in [3.63, 3.8) is 0 Å². The molecule has 2 aromatic rings. The summed E-state index contributed by atoms with van der Waals surface area (Å²) in [6.07, 6.45) is 14.9. The van der Waals surface area contributed by atoms with Crippen molar-refractivity contribution in [3.8, 4) is 5.75 Å². The Morgan fingerprint density at radius 2 is 1.78 bits per heavy atom. The van der Waals surface area contributed by atoms with Crippen LogP contribution in [0.25, 0.3) is 5.57 Å². The summed E-state index contributed by atoms with van der Waals surface area (Å²) in [6.45, 7) is 10.1. The predicted octanol–water partition coefficient (Wildman–Crippen LogP) is 7.15. The van der Waals surface area contributed by atoms with Gasteiger partial charge in [-0.05, 0) is 106 Å². The Morgan fingerprint density at radius 1 is 1.06 bits per heavy atom. The van der Waals surface area contributed by atoms with E-state index in [2.05, 4.69) is 34.9 Å². The van der Waals surface area contributed by atoms with Crippen LogP contribution < -0.4 is 15.4 Å². The number of likely N-dealkylation sites (tertiary alicyclic amines) is 1. The van der Waals surface area contributed by atoms with Gasteiger partial charge in [-0.2, -0.15) is 0 Å². The molecule has 272 valence electrons. The van der Waals surface area contributed by atoms with Crippen molar-refractivity contribution in [2.45, 2.75) is 90.5 Å². The Morgan fingerprint density at radius 3 is 2.36 bits per heavy atom. The number of hydrogen-bond acceptors (Lipinski definition) is 8. The number of aliphatic imine (C=N–C) groups is 1. The van der Waals surface area contributed by atoms with Crippen molar-refractivity contribution in [2.75, 3.05) is 52.0 Å². The van der Waals surface area contributed by atoms with Crippen LogP contribution in [0, 0.1) is 24.2 Å². The molecule has 0 unspecified atom stereocenters. The number of pyridine rings is 1. The summed E-state index contributed by atoms with van der Waals surface area (Å²) >= 11 is 0. The first-order valence-electron chi connectivity index (χ1n) is 18.4. The number of aryl methyl sites for hydroxylation is 1. The van der Waals surface area contributed by atoms with Crippen LogP contribution in [0.3, 0.4) is 0 Å². The molecule has 4 aliphatic rings. The van der Waals surface area contributed by atoms with Crippen molar-refractivity contribution in [2.24, 2.45) is 28.0 Å². The highest BCUT2D eigenvalue weighted by Gasteiger charge is 2.51. The fourth-order valence-corrected chi connectivity index (χ4v) is 7.74. The lowest BCUT2D eigenvalue weighted by Crippen LogP contribution is -2.67. The minimum Gasteiger partial charge on any atom is -0.496 e. The topological polar surface area (TPSA) is 120 Å². The van der Waals surface area contributed by atoms with Crippen LogP contribution in [0.15, 0.2) is 47.7 Å². The summed E-state index contributed by atoms with van der Waals surface area (Å²) in [6, 6.07) is 10.7. The van der Waals surface area contributed by atoms with Crippen molar-refractivity contribution < 1.29 is 23.8 Å². The number of aromatic nitrogens is 1. The third-order valence-electron chi connectivity index (χ3n) is 10.7. The van der Waals surface area contributed by atoms with Crippen molar-refractivity contribution in [1.82, 2.24) is 9.88 Å². The van der Waals surface area contributed by atoms with E-state index in [4.69, 9.17) is 20.2 Å². The van der Waals surface area contributed by atoms with Gasteiger partial charge >= 0.3 is 6.09 Å². The molecule has 2 amide bonds. The monoisotopic (exact) mass is 687 g/mol. The molecule has 1 spiro atoms. The third kappa shape index (κ3) is 9.24. The molecule has 10 heteroatoms. The molecule has 0 atom stereocenters. The van der Waals surface area contributed by atoms with Crippen LogP contribution in [0.5, 0.6) is 5.75 Å². The van der Waals surface area contributed by atoms with E-state index < -0.39 is 0 Å². The number of nitrogens with two attached hydrogens (primary N) is 1. The fraction of sp³-hybridized carbons (Fsp3) is 0.600. The number of nitrogens with zero attached hydrogens (tertiary/aromatic N) is 4. The first kappa shape index (κ1) is 37.3. The van der Waals surface area contributed by atoms with Gasteiger partial charge in [0.2, 0.25) is 5.91 Å². The summed E-state index contributed by atoms with van der Waals surface area (Å²) in [5.41, 5.74) is 10.6. The van der Waals surface area contributed by atoms with Crippen LogP contribution in [-0.2, 0) is 14.3 Å². The predicted molar refractivity (Wildman–Crippen MR) is 199 cm³/mol. The molecule has 1 aromatic carbocycles. The SMILES string of the molecule is COC(=O)N1CC2(COC2)C1.COc1ccc(C2CCC(CN(C(=O)C3CCCCC3)c3cc(/C(C=NC(C)C)=C/N)ccn3)CC2)cc1C. The summed E-state index contributed by atoms with van der Waals surface area (Å²) in [4.78, 5) is 37.7. The van der Waals surface area contributed by atoms with Crippen molar-refractivity contribution >= 4 is 29.6 Å². The number of methoxy groups -OCH3 is 2. The minimum atomic E-state index is -0.220. The number of carbonyl (C=O) groups is 2. The van der Waals surface area contributed by atoms with Crippen LogP contribution >= 0.6 is 0 Å². The Bertz CT molecular complexity index is 1500. The third-order valence-corrected chi connectivity index (χ3v) is 10.7. The highest BCUT2D eigenvalue weighted by atomic mass is 16.5. The molecule has 2 saturated heterocycles. The van der Waals surface area contributed by atoms with Crippen LogP contribution in [0.1, 0.15) is 94.2 Å². The summed E-state index contributed by atoms with van der Waals surface area (Å²) in [7, 11) is 3.13. The van der Waals surface area contributed by atoms with E-state index in [0.29, 0.717) is 17.3 Å². The number of rotatable bonds is 9. The first-order valence-corrected chi connectivity index (χ1v) is 18.4. The molecular weight excluding hydrogens is 630 g/mol. The Balaban J connectivity index is 0.000000371. The van der Waals surface area contributed by atoms with E-state index in [9.17, 15) is 9.59 Å². The molecule has 6 rings (SSSR count). The van der Waals surface area contributed by atoms with Gasteiger partial charge in [-0.1, -0.05) is 31.4 Å². The number of benzene rings is 1. The Kier molecular flexibility index (Phi) is 12.9. The number of ether oxygens (including phenoxy) is 3.